The summed E-state index contributed by atoms with van der Waals surface area (Å²) in [5.41, 5.74) is 19.7. The molecule has 0 fully saturated rings. The zero-order valence-electron chi connectivity index (χ0n) is 32.2. The van der Waals surface area contributed by atoms with E-state index in [0.29, 0.717) is 0 Å². The molecule has 1 atom stereocenters. The molecule has 0 spiro atoms. The summed E-state index contributed by atoms with van der Waals surface area (Å²) in [5.74, 6) is 0. The van der Waals surface area contributed by atoms with Gasteiger partial charge < -0.3 is 10.2 Å². The third-order valence-electron chi connectivity index (χ3n) is 12.3. The first kappa shape index (κ1) is 33.4. The van der Waals surface area contributed by atoms with Crippen molar-refractivity contribution < 1.29 is 0 Å². The van der Waals surface area contributed by atoms with Gasteiger partial charge in [-0.3, -0.25) is 10.1 Å². The fraction of sp³-hybridized carbons (Fsp3) is 0.115. The normalized spacial score (nSPS) is 15.6. The Morgan fingerprint density at radius 2 is 1.16 bits per heavy atom. The van der Waals surface area contributed by atoms with Crippen molar-refractivity contribution in [3.8, 4) is 55.9 Å². The van der Waals surface area contributed by atoms with Gasteiger partial charge in [0.25, 0.3) is 0 Å². The van der Waals surface area contributed by atoms with Crippen LogP contribution in [0.4, 0.5) is 5.69 Å². The number of anilines is 1. The van der Waals surface area contributed by atoms with Crippen molar-refractivity contribution in [2.75, 3.05) is 4.90 Å². The van der Waals surface area contributed by atoms with Crippen molar-refractivity contribution in [2.45, 2.75) is 37.8 Å². The number of pyridine rings is 1. The molecule has 2 aliphatic heterocycles. The molecule has 0 bridgehead atoms. The van der Waals surface area contributed by atoms with Gasteiger partial charge in [0.15, 0.2) is 0 Å². The van der Waals surface area contributed by atoms with E-state index in [1.165, 1.54) is 66.9 Å². The standard InChI is InChI=1S/C52H41N5/c1-51(2,3)49-32-47(55-56-49)46-31-36(26-27-53-46)34-18-23-38(24-19-34)52(44-14-8-6-11-40(44)41-12-7-9-15-45(41)52)37-21-16-33(17-22-37)35-20-25-48-43(30-35)39-10-4-5-13-42(39)50-54-28-29-57(48)50/h4-32,50,54H,1-3H3,(H,55,56). The van der Waals surface area contributed by atoms with Crippen LogP contribution < -0.4 is 10.2 Å². The van der Waals surface area contributed by atoms with Gasteiger partial charge in [0, 0.05) is 40.8 Å². The molecule has 8 aromatic rings. The molecule has 0 amide bonds. The second-order valence-corrected chi connectivity index (χ2v) is 16.5. The first-order valence-corrected chi connectivity index (χ1v) is 19.8. The molecule has 274 valence electrons. The predicted molar refractivity (Wildman–Crippen MR) is 232 cm³/mol. The van der Waals surface area contributed by atoms with Crippen LogP contribution in [-0.2, 0) is 10.8 Å². The number of benzene rings is 6. The fourth-order valence-corrected chi connectivity index (χ4v) is 9.41. The molecule has 5 nitrogen and oxygen atoms in total. The van der Waals surface area contributed by atoms with E-state index in [0.717, 1.165) is 28.2 Å². The Labute approximate surface area is 333 Å². The van der Waals surface area contributed by atoms with E-state index >= 15 is 0 Å². The molecule has 4 heterocycles. The number of aromatic amines is 1. The zero-order valence-corrected chi connectivity index (χ0v) is 32.2. The molecule has 0 saturated heterocycles. The molecule has 11 rings (SSSR count). The van der Waals surface area contributed by atoms with Crippen LogP contribution >= 0.6 is 0 Å². The van der Waals surface area contributed by atoms with Crippen molar-refractivity contribution in [1.29, 1.82) is 0 Å². The van der Waals surface area contributed by atoms with Crippen molar-refractivity contribution in [1.82, 2.24) is 20.5 Å². The molecule has 5 heteroatoms. The van der Waals surface area contributed by atoms with Crippen molar-refractivity contribution in [2.24, 2.45) is 0 Å². The van der Waals surface area contributed by atoms with Crippen LogP contribution in [0.1, 0.15) is 60.4 Å². The molecule has 2 N–H and O–H groups in total. The van der Waals surface area contributed by atoms with Gasteiger partial charge in [-0.1, -0.05) is 148 Å². The SMILES string of the molecule is CC(C)(C)c1cc(-c2cc(-c3ccc(C4(c5ccc(-c6ccc7c(c6)-c6ccccc6C6NC=CN76)cc5)c5ccccc5-c5ccccc54)cc3)ccn2)n[nH]1. The average Bonchev–Trinajstić information content (AvgIpc) is 4.03. The largest absolute Gasteiger partial charge is 0.366 e. The lowest BCUT2D eigenvalue weighted by molar-refractivity contribution is 0.567. The minimum atomic E-state index is -0.495. The maximum atomic E-state index is 4.69. The van der Waals surface area contributed by atoms with E-state index in [1.54, 1.807) is 0 Å². The number of rotatable bonds is 5. The van der Waals surface area contributed by atoms with E-state index < -0.39 is 5.41 Å². The molecular formula is C52H41N5. The van der Waals surface area contributed by atoms with E-state index in [9.17, 15) is 0 Å². The second-order valence-electron chi connectivity index (χ2n) is 16.5. The number of aromatic nitrogens is 3. The number of nitrogens with one attached hydrogen (secondary N) is 2. The first-order chi connectivity index (χ1) is 27.9. The summed E-state index contributed by atoms with van der Waals surface area (Å²) >= 11 is 0. The van der Waals surface area contributed by atoms with Crippen LogP contribution in [0.15, 0.2) is 176 Å². The Morgan fingerprint density at radius 1 is 0.561 bits per heavy atom. The highest BCUT2D eigenvalue weighted by Gasteiger charge is 2.46. The lowest BCUT2D eigenvalue weighted by Crippen LogP contribution is -2.30. The molecule has 0 radical (unpaired) electrons. The highest BCUT2D eigenvalue weighted by molar-refractivity contribution is 5.90. The van der Waals surface area contributed by atoms with Crippen molar-refractivity contribution in [3.63, 3.8) is 0 Å². The number of fused-ring (bicyclic) bond motifs is 9. The van der Waals surface area contributed by atoms with Gasteiger partial charge in [0.05, 0.1) is 16.8 Å². The van der Waals surface area contributed by atoms with E-state index in [-0.39, 0.29) is 11.6 Å². The van der Waals surface area contributed by atoms with Gasteiger partial charge in [-0.15, -0.1) is 0 Å². The molecule has 2 aromatic heterocycles. The number of H-pyrrole nitrogens is 1. The molecular weight excluding hydrogens is 695 g/mol. The van der Waals surface area contributed by atoms with Gasteiger partial charge in [0.1, 0.15) is 11.9 Å². The first-order valence-electron chi connectivity index (χ1n) is 19.8. The summed E-state index contributed by atoms with van der Waals surface area (Å²) in [6.07, 6.45) is 6.21. The van der Waals surface area contributed by atoms with Gasteiger partial charge in [0.2, 0.25) is 0 Å². The molecule has 1 aliphatic carbocycles. The number of hydrogen-bond acceptors (Lipinski definition) is 4. The van der Waals surface area contributed by atoms with Crippen molar-refractivity contribution >= 4 is 5.69 Å². The summed E-state index contributed by atoms with van der Waals surface area (Å²) in [4.78, 5) is 7.03. The Hall–Kier alpha value is -6.98. The molecule has 6 aromatic carbocycles. The molecule has 0 saturated carbocycles. The highest BCUT2D eigenvalue weighted by atomic mass is 15.3. The lowest BCUT2D eigenvalue weighted by Gasteiger charge is -2.35. The second kappa shape index (κ2) is 12.5. The number of nitrogens with zero attached hydrogens (tertiary/aromatic N) is 3. The predicted octanol–water partition coefficient (Wildman–Crippen LogP) is 12.0. The number of hydrogen-bond donors (Lipinski definition) is 2. The highest BCUT2D eigenvalue weighted by Crippen LogP contribution is 2.56. The topological polar surface area (TPSA) is 56.8 Å². The summed E-state index contributed by atoms with van der Waals surface area (Å²) < 4.78 is 0. The van der Waals surface area contributed by atoms with Crippen LogP contribution in [0.5, 0.6) is 0 Å². The Bertz CT molecular complexity index is 2830. The summed E-state index contributed by atoms with van der Waals surface area (Å²) in [7, 11) is 0. The monoisotopic (exact) mass is 735 g/mol. The summed E-state index contributed by atoms with van der Waals surface area (Å²) in [5, 5.41) is 11.4. The minimum Gasteiger partial charge on any atom is -0.366 e. The lowest BCUT2D eigenvalue weighted by atomic mass is 9.67. The van der Waals surface area contributed by atoms with Crippen molar-refractivity contribution in [3.05, 3.63) is 210 Å². The smallest absolute Gasteiger partial charge is 0.130 e. The van der Waals surface area contributed by atoms with Gasteiger partial charge >= 0.3 is 0 Å². The molecule has 1 unspecified atom stereocenters. The van der Waals surface area contributed by atoms with Gasteiger partial charge in [-0.2, -0.15) is 5.10 Å². The average molecular weight is 736 g/mol. The maximum Gasteiger partial charge on any atom is 0.130 e. The van der Waals surface area contributed by atoms with Crippen LogP contribution in [0.25, 0.3) is 55.9 Å². The minimum absolute atomic E-state index is 0.0196. The summed E-state index contributed by atoms with van der Waals surface area (Å²) in [6, 6.07) is 58.4. The molecule has 57 heavy (non-hydrogen) atoms. The van der Waals surface area contributed by atoms with E-state index in [4.69, 9.17) is 4.98 Å². The maximum absolute atomic E-state index is 4.69. The molecule has 3 aliphatic rings. The fourth-order valence-electron chi connectivity index (χ4n) is 9.41. The third-order valence-corrected chi connectivity index (χ3v) is 12.3. The van der Waals surface area contributed by atoms with Crippen LogP contribution in [0.3, 0.4) is 0 Å². The summed E-state index contributed by atoms with van der Waals surface area (Å²) in [6.45, 7) is 6.56. The third kappa shape index (κ3) is 5.08. The van der Waals surface area contributed by atoms with Crippen LogP contribution in [0.2, 0.25) is 0 Å². The zero-order chi connectivity index (χ0) is 38.3. The Morgan fingerprint density at radius 3 is 1.81 bits per heavy atom. The van der Waals surface area contributed by atoms with Crippen LogP contribution in [-0.4, -0.2) is 15.2 Å². The van der Waals surface area contributed by atoms with E-state index in [2.05, 4.69) is 205 Å². The van der Waals surface area contributed by atoms with Crippen LogP contribution in [0, 0.1) is 0 Å². The quantitative estimate of drug-likeness (QED) is 0.185. The van der Waals surface area contributed by atoms with Gasteiger partial charge in [-0.25, -0.2) is 0 Å². The van der Waals surface area contributed by atoms with E-state index in [1.807, 2.05) is 12.4 Å². The van der Waals surface area contributed by atoms with Gasteiger partial charge in [-0.05, 0) is 91.5 Å². The Kier molecular flexibility index (Phi) is 7.33. The Balaban J connectivity index is 1.01.